The van der Waals surface area contributed by atoms with Crippen LogP contribution in [-0.4, -0.2) is 92.6 Å². The minimum Gasteiger partial charge on any atom is -0.476 e. The normalized spacial score (nSPS) is 18.2. The van der Waals surface area contributed by atoms with Gasteiger partial charge in [0, 0.05) is 56.4 Å². The number of amides is 2. The molecule has 2 atom stereocenters. The van der Waals surface area contributed by atoms with Crippen LogP contribution in [-0.2, 0) is 4.79 Å². The topological polar surface area (TPSA) is 148 Å². The molecule has 2 aromatic heterocycles. The predicted octanol–water partition coefficient (Wildman–Crippen LogP) is 2.98. The molecule has 2 amide bonds. The van der Waals surface area contributed by atoms with Crippen molar-refractivity contribution in [3.63, 3.8) is 0 Å². The van der Waals surface area contributed by atoms with Crippen LogP contribution in [0, 0.1) is 23.0 Å². The highest BCUT2D eigenvalue weighted by Gasteiger charge is 2.34. The lowest BCUT2D eigenvalue weighted by atomic mass is 10.1. The maximum Gasteiger partial charge on any atom is 0.255 e. The summed E-state index contributed by atoms with van der Waals surface area (Å²) in [5.74, 6) is -2.76. The lowest BCUT2D eigenvalue weighted by molar-refractivity contribution is -0.134. The van der Waals surface area contributed by atoms with Crippen molar-refractivity contribution in [3.8, 4) is 23.1 Å². The molecule has 2 fully saturated rings. The monoisotopic (exact) mass is 636 g/mol. The summed E-state index contributed by atoms with van der Waals surface area (Å²) in [4.78, 5) is 38.0. The zero-order chi connectivity index (χ0) is 31.7. The highest BCUT2D eigenvalue weighted by Crippen LogP contribution is 2.32. The summed E-state index contributed by atoms with van der Waals surface area (Å²) in [7, 11) is 0. The number of carbonyl (C=O) groups excluding carboxylic acids is 2. The molecule has 0 spiro atoms. The van der Waals surface area contributed by atoms with Crippen LogP contribution in [0.2, 0.25) is 5.02 Å². The number of benzene rings is 2. The number of ether oxygens (including phenoxy) is 1. The van der Waals surface area contributed by atoms with Crippen LogP contribution < -0.4 is 15.4 Å². The van der Waals surface area contributed by atoms with Crippen LogP contribution >= 0.6 is 11.6 Å². The molecule has 45 heavy (non-hydrogen) atoms. The number of nitriles is 1. The standard InChI is InChI=1S/C30H27ClF2N8O4/c31-21-13-17(1-2-19(21)29(43)39-8-10-40(11-9-39)30(44)22-14-18(42)15-36-22)38-27-28-37-16-23(41(28)7-6-35-27)20-3-4-24(45-12-5-34)26(33)25(20)32/h1-4,6-7,13,16,18,22,36,42H,8-12,14-15H2,(H,35,38)/t18-,22+/m1/s1. The van der Waals surface area contributed by atoms with Crippen LogP contribution in [0.15, 0.2) is 48.9 Å². The number of aliphatic hydroxyl groups excluding tert-OH is 1. The Hall–Kier alpha value is -4.84. The number of aromatic nitrogens is 3. The Morgan fingerprint density at radius 1 is 1.13 bits per heavy atom. The van der Waals surface area contributed by atoms with Crippen molar-refractivity contribution < 1.29 is 28.2 Å². The molecular weight excluding hydrogens is 610 g/mol. The first-order valence-corrected chi connectivity index (χ1v) is 14.5. The van der Waals surface area contributed by atoms with Gasteiger partial charge in [-0.3, -0.25) is 14.0 Å². The summed E-state index contributed by atoms with van der Waals surface area (Å²) in [6, 6.07) is 8.73. The van der Waals surface area contributed by atoms with Gasteiger partial charge in [-0.2, -0.15) is 9.65 Å². The number of halogens is 3. The van der Waals surface area contributed by atoms with Crippen molar-refractivity contribution in [2.45, 2.75) is 18.6 Å². The Kier molecular flexibility index (Phi) is 8.48. The van der Waals surface area contributed by atoms with Gasteiger partial charge in [0.15, 0.2) is 29.6 Å². The zero-order valence-corrected chi connectivity index (χ0v) is 24.5. The molecule has 2 aromatic carbocycles. The molecule has 0 bridgehead atoms. The van der Waals surface area contributed by atoms with Crippen LogP contribution in [0.25, 0.3) is 16.9 Å². The molecule has 15 heteroatoms. The maximum atomic E-state index is 15.0. The van der Waals surface area contributed by atoms with E-state index < -0.39 is 30.4 Å². The first-order chi connectivity index (χ1) is 21.7. The highest BCUT2D eigenvalue weighted by atomic mass is 35.5. The van der Waals surface area contributed by atoms with Crippen LogP contribution in [0.3, 0.4) is 0 Å². The smallest absolute Gasteiger partial charge is 0.255 e. The van der Waals surface area contributed by atoms with E-state index in [1.807, 2.05) is 0 Å². The number of piperazine rings is 1. The number of nitrogens with zero attached hydrogens (tertiary/aromatic N) is 6. The fourth-order valence-electron chi connectivity index (χ4n) is 5.49. The molecule has 3 N–H and O–H groups in total. The molecule has 12 nitrogen and oxygen atoms in total. The van der Waals surface area contributed by atoms with Crippen molar-refractivity contribution >= 4 is 40.6 Å². The third kappa shape index (κ3) is 5.97. The minimum absolute atomic E-state index is 0.0634. The Balaban J connectivity index is 1.15. The number of β-amino-alcohol motifs (C(OH)–C–C–N with tert-alkyl or cyclic N) is 1. The summed E-state index contributed by atoms with van der Waals surface area (Å²) in [5, 5.41) is 24.7. The maximum absolute atomic E-state index is 15.0. The van der Waals surface area contributed by atoms with Crippen molar-refractivity contribution in [2.75, 3.05) is 44.6 Å². The molecule has 0 saturated carbocycles. The molecule has 232 valence electrons. The Morgan fingerprint density at radius 2 is 1.91 bits per heavy atom. The van der Waals surface area contributed by atoms with E-state index in [1.165, 1.54) is 28.9 Å². The lowest BCUT2D eigenvalue weighted by Crippen LogP contribution is -2.54. The molecule has 4 heterocycles. The van der Waals surface area contributed by atoms with Crippen molar-refractivity contribution in [1.29, 1.82) is 5.26 Å². The molecule has 6 rings (SSSR count). The summed E-state index contributed by atoms with van der Waals surface area (Å²) < 4.78 is 36.0. The van der Waals surface area contributed by atoms with Crippen molar-refractivity contribution in [1.82, 2.24) is 29.5 Å². The fraction of sp³-hybridized carbons (Fsp3) is 0.300. The number of aliphatic hydroxyl groups is 1. The van der Waals surface area contributed by atoms with Gasteiger partial charge in [-0.25, -0.2) is 14.4 Å². The van der Waals surface area contributed by atoms with Gasteiger partial charge in [-0.1, -0.05) is 11.6 Å². The number of nitrogens with one attached hydrogen (secondary N) is 2. The summed E-state index contributed by atoms with van der Waals surface area (Å²) in [6.07, 6.45) is 4.25. The van der Waals surface area contributed by atoms with Gasteiger partial charge in [0.1, 0.15) is 6.07 Å². The molecule has 0 radical (unpaired) electrons. The Bertz CT molecular complexity index is 1820. The predicted molar refractivity (Wildman–Crippen MR) is 159 cm³/mol. The van der Waals surface area contributed by atoms with E-state index in [0.717, 1.165) is 0 Å². The summed E-state index contributed by atoms with van der Waals surface area (Å²) in [6.45, 7) is 1.44. The van der Waals surface area contributed by atoms with Gasteiger partial charge in [0.2, 0.25) is 11.7 Å². The van der Waals surface area contributed by atoms with E-state index in [0.29, 0.717) is 61.9 Å². The third-order valence-electron chi connectivity index (χ3n) is 7.79. The van der Waals surface area contributed by atoms with Gasteiger partial charge < -0.3 is 30.3 Å². The first-order valence-electron chi connectivity index (χ1n) is 14.1. The molecule has 2 aliphatic heterocycles. The molecule has 0 aliphatic carbocycles. The molecule has 2 saturated heterocycles. The minimum atomic E-state index is -1.22. The number of anilines is 2. The quantitative estimate of drug-likeness (QED) is 0.278. The van der Waals surface area contributed by atoms with Crippen molar-refractivity contribution in [3.05, 3.63) is 71.1 Å². The Labute approximate surface area is 260 Å². The Morgan fingerprint density at radius 3 is 2.62 bits per heavy atom. The highest BCUT2D eigenvalue weighted by molar-refractivity contribution is 6.34. The van der Waals surface area contributed by atoms with E-state index in [4.69, 9.17) is 21.6 Å². The molecule has 0 unspecified atom stereocenters. The number of rotatable bonds is 7. The first kappa shape index (κ1) is 30.2. The second kappa shape index (κ2) is 12.6. The van der Waals surface area contributed by atoms with Crippen molar-refractivity contribution in [2.24, 2.45) is 0 Å². The van der Waals surface area contributed by atoms with Crippen LogP contribution in [0.1, 0.15) is 16.8 Å². The average Bonchev–Trinajstić information content (AvgIpc) is 3.68. The van der Waals surface area contributed by atoms with E-state index in [2.05, 4.69) is 20.6 Å². The average molecular weight is 637 g/mol. The lowest BCUT2D eigenvalue weighted by Gasteiger charge is -2.36. The van der Waals surface area contributed by atoms with E-state index in [9.17, 15) is 23.5 Å². The fourth-order valence-corrected chi connectivity index (χ4v) is 5.75. The van der Waals surface area contributed by atoms with E-state index in [-0.39, 0.29) is 33.8 Å². The number of hydrogen-bond acceptors (Lipinski definition) is 9. The van der Waals surface area contributed by atoms with Crippen LogP contribution in [0.4, 0.5) is 20.3 Å². The second-order valence-electron chi connectivity index (χ2n) is 10.6. The number of carbonyl (C=O) groups is 2. The largest absolute Gasteiger partial charge is 0.476 e. The summed E-state index contributed by atoms with van der Waals surface area (Å²) in [5.41, 5.74) is 1.34. The van der Waals surface area contributed by atoms with E-state index >= 15 is 0 Å². The van der Waals surface area contributed by atoms with Gasteiger partial charge in [0.25, 0.3) is 5.91 Å². The van der Waals surface area contributed by atoms with Gasteiger partial charge in [-0.15, -0.1) is 0 Å². The van der Waals surface area contributed by atoms with Crippen LogP contribution in [0.5, 0.6) is 5.75 Å². The van der Waals surface area contributed by atoms with Gasteiger partial charge in [0.05, 0.1) is 34.6 Å². The molecular formula is C30H27ClF2N8O4. The van der Waals surface area contributed by atoms with Gasteiger partial charge in [-0.05, 0) is 36.8 Å². The number of hydrogen-bond donors (Lipinski definition) is 3. The SMILES string of the molecule is N#CCOc1ccc(-c2cnc3c(Nc4ccc(C(=O)N5CCN(C(=O)[C@@H]6C[C@@H](O)CN6)CC5)c(Cl)c4)nccn23)c(F)c1F. The summed E-state index contributed by atoms with van der Waals surface area (Å²) >= 11 is 6.54. The zero-order valence-electron chi connectivity index (χ0n) is 23.7. The second-order valence-corrected chi connectivity index (χ2v) is 11.0. The van der Waals surface area contributed by atoms with Gasteiger partial charge >= 0.3 is 0 Å². The number of imidazole rings is 1. The van der Waals surface area contributed by atoms with E-state index in [1.54, 1.807) is 40.3 Å². The molecule has 2 aliphatic rings. The number of fused-ring (bicyclic) bond motifs is 1. The third-order valence-corrected chi connectivity index (χ3v) is 8.10. The molecule has 4 aromatic rings.